The van der Waals surface area contributed by atoms with E-state index in [0.717, 1.165) is 6.16 Å². The molecule has 0 radical (unpaired) electrons. The van der Waals surface area contributed by atoms with Gasteiger partial charge >= 0.3 is 0 Å². The molecule has 0 fully saturated rings. The molecule has 3 aromatic carbocycles. The predicted octanol–water partition coefficient (Wildman–Crippen LogP) is 4.34. The summed E-state index contributed by atoms with van der Waals surface area (Å²) in [6.45, 7) is 0. The molecule has 0 atom stereocenters. The van der Waals surface area contributed by atoms with Gasteiger partial charge < -0.3 is 0 Å². The highest BCUT2D eigenvalue weighted by molar-refractivity contribution is 7.95. The third-order valence-corrected chi connectivity index (χ3v) is 9.25. The van der Waals surface area contributed by atoms with Gasteiger partial charge in [0.2, 0.25) is 0 Å². The number of hydrogen-bond donors (Lipinski definition) is 0. The molecule has 0 aliphatic rings. The molecule has 27 heavy (non-hydrogen) atoms. The van der Waals surface area contributed by atoms with Crippen molar-refractivity contribution in [3.05, 3.63) is 109 Å². The van der Waals surface area contributed by atoms with Crippen LogP contribution in [-0.2, 0) is 13.2 Å². The van der Waals surface area contributed by atoms with Crippen LogP contribution >= 0.6 is 19.7 Å². The van der Waals surface area contributed by atoms with Crippen LogP contribution in [0.2, 0.25) is 0 Å². The van der Waals surface area contributed by atoms with Crippen LogP contribution in [0.5, 0.6) is 0 Å². The molecule has 4 heteroatoms. The first kappa shape index (κ1) is 19.4. The van der Waals surface area contributed by atoms with Gasteiger partial charge in [-0.2, -0.15) is 5.10 Å². The molecule has 0 bridgehead atoms. The lowest BCUT2D eigenvalue weighted by Gasteiger charge is -2.27. The van der Waals surface area contributed by atoms with E-state index >= 15 is 0 Å². The van der Waals surface area contributed by atoms with Crippen LogP contribution in [0.15, 0.2) is 103 Å². The highest BCUT2D eigenvalue weighted by atomic mass is 35.5. The van der Waals surface area contributed by atoms with Gasteiger partial charge in [0, 0.05) is 13.2 Å². The average molecular weight is 394 g/mol. The Hall–Kier alpha value is -2.41. The molecule has 4 rings (SSSR count). The Morgan fingerprint density at radius 2 is 1.07 bits per heavy atom. The Bertz CT molecular complexity index is 872. The van der Waals surface area contributed by atoms with E-state index in [1.54, 1.807) is 0 Å². The normalized spacial score (nSPS) is 11.0. The van der Waals surface area contributed by atoms with Crippen molar-refractivity contribution in [3.8, 4) is 0 Å². The van der Waals surface area contributed by atoms with Crippen LogP contribution in [0.3, 0.4) is 0 Å². The van der Waals surface area contributed by atoms with E-state index in [-0.39, 0.29) is 12.4 Å². The SMILES string of the molecule is Cl.Cn1nccc1C[P+](c1ccccc1)(c1ccccc1)c1ccccc1. The van der Waals surface area contributed by atoms with Crippen molar-refractivity contribution in [1.29, 1.82) is 0 Å². The van der Waals surface area contributed by atoms with Gasteiger partial charge in [-0.25, -0.2) is 0 Å². The predicted molar refractivity (Wildman–Crippen MR) is 119 cm³/mol. The summed E-state index contributed by atoms with van der Waals surface area (Å²) >= 11 is 0. The topological polar surface area (TPSA) is 17.8 Å². The fraction of sp³-hybridized carbons (Fsp3) is 0.0870. The maximum atomic E-state index is 4.42. The summed E-state index contributed by atoms with van der Waals surface area (Å²) in [5.74, 6) is 0. The van der Waals surface area contributed by atoms with Gasteiger partial charge in [0.15, 0.2) is 0 Å². The minimum absolute atomic E-state index is 0. The molecule has 0 saturated carbocycles. The summed E-state index contributed by atoms with van der Waals surface area (Å²) in [4.78, 5) is 0. The summed E-state index contributed by atoms with van der Waals surface area (Å²) in [6, 6.07) is 35.0. The molecular formula is C23H23ClN2P+. The molecular weight excluding hydrogens is 371 g/mol. The Morgan fingerprint density at radius 3 is 1.41 bits per heavy atom. The van der Waals surface area contributed by atoms with Gasteiger partial charge in [-0.3, -0.25) is 4.68 Å². The fourth-order valence-electron chi connectivity index (χ4n) is 3.57. The van der Waals surface area contributed by atoms with E-state index < -0.39 is 7.26 Å². The van der Waals surface area contributed by atoms with Crippen molar-refractivity contribution in [2.45, 2.75) is 6.16 Å². The number of nitrogens with zero attached hydrogens (tertiary/aromatic N) is 2. The molecule has 1 heterocycles. The Balaban J connectivity index is 0.00000210. The Morgan fingerprint density at radius 1 is 0.667 bits per heavy atom. The average Bonchev–Trinajstić information content (AvgIpc) is 3.12. The van der Waals surface area contributed by atoms with Gasteiger partial charge in [-0.1, -0.05) is 54.6 Å². The standard InChI is InChI=1S/C23H22N2P.ClH/c1-25-20(17-18-24-25)19-26(21-11-5-2-6-12-21,22-13-7-3-8-14-22)23-15-9-4-10-16-23;/h2-18H,19H2,1H3;1H/q+1;. The number of aromatic nitrogens is 2. The second kappa shape index (κ2) is 8.52. The van der Waals surface area contributed by atoms with E-state index in [1.807, 2.05) is 17.9 Å². The molecule has 136 valence electrons. The monoisotopic (exact) mass is 393 g/mol. The Kier molecular flexibility index (Phi) is 6.11. The highest BCUT2D eigenvalue weighted by Crippen LogP contribution is 2.57. The molecule has 4 aromatic rings. The third-order valence-electron chi connectivity index (χ3n) is 4.91. The molecule has 0 aliphatic heterocycles. The third kappa shape index (κ3) is 3.69. The number of aryl methyl sites for hydroxylation is 1. The van der Waals surface area contributed by atoms with Crippen LogP contribution in [0.25, 0.3) is 0 Å². The molecule has 0 saturated heterocycles. The van der Waals surface area contributed by atoms with Gasteiger partial charge in [0.05, 0.1) is 5.69 Å². The van der Waals surface area contributed by atoms with Gasteiger partial charge in [-0.15, -0.1) is 12.4 Å². The van der Waals surface area contributed by atoms with E-state index in [2.05, 4.69) is 102 Å². The largest absolute Gasteiger partial charge is 0.269 e. The zero-order valence-corrected chi connectivity index (χ0v) is 17.0. The van der Waals surface area contributed by atoms with Crippen molar-refractivity contribution >= 4 is 35.6 Å². The number of rotatable bonds is 5. The van der Waals surface area contributed by atoms with Crippen molar-refractivity contribution in [2.75, 3.05) is 0 Å². The smallest absolute Gasteiger partial charge is 0.118 e. The minimum Gasteiger partial charge on any atom is -0.269 e. The molecule has 1 aromatic heterocycles. The van der Waals surface area contributed by atoms with Crippen LogP contribution in [-0.4, -0.2) is 9.78 Å². The van der Waals surface area contributed by atoms with Crippen LogP contribution in [0.1, 0.15) is 5.69 Å². The second-order valence-electron chi connectivity index (χ2n) is 6.42. The minimum atomic E-state index is -1.83. The van der Waals surface area contributed by atoms with Crippen LogP contribution < -0.4 is 15.9 Å². The van der Waals surface area contributed by atoms with Gasteiger partial charge in [0.1, 0.15) is 29.3 Å². The van der Waals surface area contributed by atoms with E-state index in [4.69, 9.17) is 0 Å². The van der Waals surface area contributed by atoms with Gasteiger partial charge in [-0.05, 0) is 42.5 Å². The fourth-order valence-corrected chi connectivity index (χ4v) is 7.85. The molecule has 0 aliphatic carbocycles. The summed E-state index contributed by atoms with van der Waals surface area (Å²) in [6.07, 6.45) is 2.85. The lowest BCUT2D eigenvalue weighted by atomic mass is 10.3. The lowest BCUT2D eigenvalue weighted by molar-refractivity contribution is 0.735. The lowest BCUT2D eigenvalue weighted by Crippen LogP contribution is -2.32. The van der Waals surface area contributed by atoms with Crippen molar-refractivity contribution in [1.82, 2.24) is 9.78 Å². The van der Waals surface area contributed by atoms with Crippen molar-refractivity contribution in [2.24, 2.45) is 7.05 Å². The second-order valence-corrected chi connectivity index (χ2v) is 9.91. The van der Waals surface area contributed by atoms with Crippen LogP contribution in [0.4, 0.5) is 0 Å². The molecule has 0 N–H and O–H groups in total. The maximum absolute atomic E-state index is 4.42. The summed E-state index contributed by atoms with van der Waals surface area (Å²) in [5, 5.41) is 8.62. The first-order valence-electron chi connectivity index (χ1n) is 8.82. The summed E-state index contributed by atoms with van der Waals surface area (Å²) in [5.41, 5.74) is 1.26. The van der Waals surface area contributed by atoms with Crippen molar-refractivity contribution < 1.29 is 0 Å². The molecule has 0 unspecified atom stereocenters. The van der Waals surface area contributed by atoms with E-state index in [0.29, 0.717) is 0 Å². The number of hydrogen-bond acceptors (Lipinski definition) is 1. The maximum Gasteiger partial charge on any atom is 0.118 e. The first-order valence-corrected chi connectivity index (χ1v) is 10.8. The molecule has 0 spiro atoms. The molecule has 2 nitrogen and oxygen atoms in total. The zero-order chi connectivity index (χ0) is 17.8. The van der Waals surface area contributed by atoms with Crippen LogP contribution in [0, 0.1) is 0 Å². The summed E-state index contributed by atoms with van der Waals surface area (Å²) in [7, 11) is 0.203. The molecule has 0 amide bonds. The van der Waals surface area contributed by atoms with E-state index in [1.165, 1.54) is 21.6 Å². The number of halogens is 1. The van der Waals surface area contributed by atoms with Crippen molar-refractivity contribution in [3.63, 3.8) is 0 Å². The summed E-state index contributed by atoms with van der Waals surface area (Å²) < 4.78 is 2.00. The number of benzene rings is 3. The van der Waals surface area contributed by atoms with E-state index in [9.17, 15) is 0 Å². The van der Waals surface area contributed by atoms with Gasteiger partial charge in [0.25, 0.3) is 0 Å². The zero-order valence-electron chi connectivity index (χ0n) is 15.3. The highest BCUT2D eigenvalue weighted by Gasteiger charge is 2.45. The quantitative estimate of drug-likeness (QED) is 0.461. The Labute approximate surface area is 167 Å². The first-order chi connectivity index (χ1) is 12.8.